The molecule has 1 heterocycles. The fourth-order valence-corrected chi connectivity index (χ4v) is 3.11. The normalized spacial score (nSPS) is 20.2. The van der Waals surface area contributed by atoms with Crippen LogP contribution in [0.25, 0.3) is 0 Å². The van der Waals surface area contributed by atoms with Gasteiger partial charge in [-0.3, -0.25) is 4.79 Å². The quantitative estimate of drug-likeness (QED) is 0.853. The molecule has 2 rings (SSSR count). The lowest BCUT2D eigenvalue weighted by molar-refractivity contribution is 0.0922. The summed E-state index contributed by atoms with van der Waals surface area (Å²) in [6, 6.07) is 2.94. The number of carbonyl (C=O) groups excluding carboxylic acids is 1. The molecule has 1 aliphatic rings. The molecule has 116 valence electrons. The van der Waals surface area contributed by atoms with Crippen LogP contribution < -0.4 is 5.32 Å². The SMILES string of the molecule is CC(NC(=O)c1ccc(F)c(S(=O)(=O)Cl)c1)C1CCOC1. The summed E-state index contributed by atoms with van der Waals surface area (Å²) in [4.78, 5) is 11.4. The molecule has 21 heavy (non-hydrogen) atoms. The van der Waals surface area contributed by atoms with E-state index in [0.29, 0.717) is 13.2 Å². The number of benzene rings is 1. The molecule has 1 N–H and O–H groups in total. The molecule has 0 bridgehead atoms. The fourth-order valence-electron chi connectivity index (χ4n) is 2.19. The molecule has 2 atom stereocenters. The van der Waals surface area contributed by atoms with Crippen LogP contribution in [-0.2, 0) is 13.8 Å². The standard InChI is InChI=1S/C13H15ClFNO4S/c1-8(10-4-5-20-7-10)16-13(17)9-2-3-11(15)12(6-9)21(14,18)19/h2-3,6,8,10H,4-5,7H2,1H3,(H,16,17). The van der Waals surface area contributed by atoms with Crippen molar-refractivity contribution < 1.29 is 22.3 Å². The second-order valence-corrected chi connectivity index (χ2v) is 7.50. The third-order valence-electron chi connectivity index (χ3n) is 3.49. The van der Waals surface area contributed by atoms with E-state index in [1.54, 1.807) is 0 Å². The highest BCUT2D eigenvalue weighted by Gasteiger charge is 2.25. The number of ether oxygens (including phenoxy) is 1. The predicted octanol–water partition coefficient (Wildman–Crippen LogP) is 1.91. The molecule has 1 aliphatic heterocycles. The number of carbonyl (C=O) groups is 1. The summed E-state index contributed by atoms with van der Waals surface area (Å²) in [6.45, 7) is 3.09. The number of halogens is 2. The first-order valence-electron chi connectivity index (χ1n) is 6.42. The zero-order chi connectivity index (χ0) is 15.6. The molecular formula is C13H15ClFNO4S. The Morgan fingerprint density at radius 3 is 2.81 bits per heavy atom. The summed E-state index contributed by atoms with van der Waals surface area (Å²) in [5.41, 5.74) is 0.0430. The number of nitrogens with one attached hydrogen (secondary N) is 1. The first-order chi connectivity index (χ1) is 9.79. The highest BCUT2D eigenvalue weighted by molar-refractivity contribution is 8.13. The lowest BCUT2D eigenvalue weighted by Gasteiger charge is -2.19. The summed E-state index contributed by atoms with van der Waals surface area (Å²) in [7, 11) is 0.897. The minimum Gasteiger partial charge on any atom is -0.381 e. The van der Waals surface area contributed by atoms with E-state index in [1.807, 2.05) is 6.92 Å². The Balaban J connectivity index is 2.16. The van der Waals surface area contributed by atoms with Gasteiger partial charge in [0.2, 0.25) is 0 Å². The number of amides is 1. The molecule has 0 spiro atoms. The minimum absolute atomic E-state index is 0.0430. The van der Waals surface area contributed by atoms with E-state index in [4.69, 9.17) is 15.4 Å². The van der Waals surface area contributed by atoms with Crippen LogP contribution >= 0.6 is 10.7 Å². The van der Waals surface area contributed by atoms with Gasteiger partial charge >= 0.3 is 0 Å². The highest BCUT2D eigenvalue weighted by atomic mass is 35.7. The van der Waals surface area contributed by atoms with Crippen molar-refractivity contribution in [3.8, 4) is 0 Å². The maximum atomic E-state index is 13.4. The van der Waals surface area contributed by atoms with Crippen LogP contribution in [0.5, 0.6) is 0 Å². The largest absolute Gasteiger partial charge is 0.381 e. The third kappa shape index (κ3) is 3.93. The van der Waals surface area contributed by atoms with E-state index in [0.717, 1.165) is 18.6 Å². The average molecular weight is 336 g/mol. The van der Waals surface area contributed by atoms with Crippen LogP contribution in [0.1, 0.15) is 23.7 Å². The Morgan fingerprint density at radius 1 is 1.52 bits per heavy atom. The molecule has 1 amide bonds. The van der Waals surface area contributed by atoms with Gasteiger partial charge in [0.25, 0.3) is 15.0 Å². The summed E-state index contributed by atoms with van der Waals surface area (Å²) in [5.74, 6) is -1.25. The van der Waals surface area contributed by atoms with E-state index in [2.05, 4.69) is 5.32 Å². The van der Waals surface area contributed by atoms with E-state index in [1.165, 1.54) is 6.07 Å². The Kier molecular flexibility index (Phi) is 4.85. The van der Waals surface area contributed by atoms with E-state index in [9.17, 15) is 17.6 Å². The van der Waals surface area contributed by atoms with E-state index < -0.39 is 25.7 Å². The van der Waals surface area contributed by atoms with Crippen LogP contribution in [0, 0.1) is 11.7 Å². The van der Waals surface area contributed by atoms with Gasteiger partial charge in [-0.2, -0.15) is 0 Å². The van der Waals surface area contributed by atoms with Crippen molar-refractivity contribution in [2.24, 2.45) is 5.92 Å². The molecule has 1 fully saturated rings. The number of hydrogen-bond donors (Lipinski definition) is 1. The van der Waals surface area contributed by atoms with Crippen molar-refractivity contribution >= 4 is 25.6 Å². The summed E-state index contributed by atoms with van der Waals surface area (Å²) in [6.07, 6.45) is 0.853. The Hall–Kier alpha value is -1.18. The summed E-state index contributed by atoms with van der Waals surface area (Å²) >= 11 is 0. The lowest BCUT2D eigenvalue weighted by atomic mass is 10.0. The van der Waals surface area contributed by atoms with Gasteiger partial charge in [0, 0.05) is 34.8 Å². The second-order valence-electron chi connectivity index (χ2n) is 4.97. The topological polar surface area (TPSA) is 72.5 Å². The summed E-state index contributed by atoms with van der Waals surface area (Å²) < 4.78 is 41.1. The van der Waals surface area contributed by atoms with Crippen molar-refractivity contribution in [3.05, 3.63) is 29.6 Å². The maximum absolute atomic E-state index is 13.4. The average Bonchev–Trinajstić information content (AvgIpc) is 2.91. The molecule has 1 aromatic rings. The first-order valence-corrected chi connectivity index (χ1v) is 8.73. The van der Waals surface area contributed by atoms with Crippen LogP contribution in [0.4, 0.5) is 4.39 Å². The minimum atomic E-state index is -4.24. The maximum Gasteiger partial charge on any atom is 0.264 e. The highest BCUT2D eigenvalue weighted by Crippen LogP contribution is 2.21. The Morgan fingerprint density at radius 2 is 2.24 bits per heavy atom. The van der Waals surface area contributed by atoms with Gasteiger partial charge in [-0.05, 0) is 31.5 Å². The zero-order valence-electron chi connectivity index (χ0n) is 11.3. The van der Waals surface area contributed by atoms with Gasteiger partial charge in [-0.1, -0.05) is 0 Å². The predicted molar refractivity (Wildman–Crippen MR) is 75.3 cm³/mol. The van der Waals surface area contributed by atoms with Gasteiger partial charge in [0.05, 0.1) is 6.61 Å². The Bertz CT molecular complexity index is 644. The number of rotatable bonds is 4. The van der Waals surface area contributed by atoms with Gasteiger partial charge in [0.1, 0.15) is 10.7 Å². The van der Waals surface area contributed by atoms with E-state index in [-0.39, 0.29) is 17.5 Å². The summed E-state index contributed by atoms with van der Waals surface area (Å²) in [5, 5.41) is 2.76. The lowest BCUT2D eigenvalue weighted by Crippen LogP contribution is -2.38. The van der Waals surface area contributed by atoms with Crippen molar-refractivity contribution in [1.82, 2.24) is 5.32 Å². The molecule has 0 aliphatic carbocycles. The van der Waals surface area contributed by atoms with Crippen molar-refractivity contribution in [3.63, 3.8) is 0 Å². The smallest absolute Gasteiger partial charge is 0.264 e. The molecule has 2 unspecified atom stereocenters. The molecule has 0 saturated carbocycles. The van der Waals surface area contributed by atoms with Crippen LogP contribution in [0.15, 0.2) is 23.1 Å². The molecule has 8 heteroatoms. The fraction of sp³-hybridized carbons (Fsp3) is 0.462. The Labute approximate surface area is 126 Å². The molecule has 1 saturated heterocycles. The van der Waals surface area contributed by atoms with Gasteiger partial charge < -0.3 is 10.1 Å². The van der Waals surface area contributed by atoms with Crippen LogP contribution in [0.3, 0.4) is 0 Å². The molecule has 1 aromatic carbocycles. The third-order valence-corrected chi connectivity index (χ3v) is 4.82. The van der Waals surface area contributed by atoms with Crippen molar-refractivity contribution in [2.75, 3.05) is 13.2 Å². The molecule has 5 nitrogen and oxygen atoms in total. The molecule has 0 radical (unpaired) electrons. The monoisotopic (exact) mass is 335 g/mol. The van der Waals surface area contributed by atoms with Crippen molar-refractivity contribution in [2.45, 2.75) is 24.3 Å². The van der Waals surface area contributed by atoms with Gasteiger partial charge in [-0.15, -0.1) is 0 Å². The van der Waals surface area contributed by atoms with Gasteiger partial charge in [-0.25, -0.2) is 12.8 Å². The van der Waals surface area contributed by atoms with Crippen molar-refractivity contribution in [1.29, 1.82) is 0 Å². The number of hydrogen-bond acceptors (Lipinski definition) is 4. The molecule has 0 aromatic heterocycles. The van der Waals surface area contributed by atoms with Crippen LogP contribution in [-0.4, -0.2) is 33.6 Å². The molecular weight excluding hydrogens is 321 g/mol. The first kappa shape index (κ1) is 16.2. The second kappa shape index (κ2) is 6.29. The van der Waals surface area contributed by atoms with Gasteiger partial charge in [0.15, 0.2) is 0 Å². The van der Waals surface area contributed by atoms with E-state index >= 15 is 0 Å². The zero-order valence-corrected chi connectivity index (χ0v) is 12.9. The van der Waals surface area contributed by atoms with Crippen LogP contribution in [0.2, 0.25) is 0 Å².